The predicted octanol–water partition coefficient (Wildman–Crippen LogP) is 2.32. The smallest absolute Gasteiger partial charge is 0.317 e. The van der Waals surface area contributed by atoms with E-state index in [1.807, 2.05) is 17.5 Å². The topological polar surface area (TPSA) is 69.6 Å². The van der Waals surface area contributed by atoms with E-state index in [4.69, 9.17) is 5.11 Å². The summed E-state index contributed by atoms with van der Waals surface area (Å²) in [5.41, 5.74) is 0. The molecule has 0 aliphatic carbocycles. The molecule has 5 nitrogen and oxygen atoms in total. The quantitative estimate of drug-likeness (QED) is 0.870. The highest BCUT2D eigenvalue weighted by molar-refractivity contribution is 7.10. The Labute approximate surface area is 116 Å². The number of rotatable bonds is 5. The largest absolute Gasteiger partial charge is 0.481 e. The Morgan fingerprint density at radius 3 is 2.84 bits per heavy atom. The van der Waals surface area contributed by atoms with E-state index in [9.17, 15) is 9.59 Å². The van der Waals surface area contributed by atoms with Gasteiger partial charge >= 0.3 is 12.0 Å². The molecule has 1 aliphatic heterocycles. The number of aliphatic carboxylic acids is 1. The molecule has 1 aliphatic rings. The highest BCUT2D eigenvalue weighted by Crippen LogP contribution is 2.24. The van der Waals surface area contributed by atoms with Gasteiger partial charge in [-0.05, 0) is 17.9 Å². The minimum absolute atomic E-state index is 0.0291. The second-order valence-corrected chi connectivity index (χ2v) is 5.73. The molecule has 2 rings (SSSR count). The van der Waals surface area contributed by atoms with Gasteiger partial charge in [-0.25, -0.2) is 4.79 Å². The Bertz CT molecular complexity index is 441. The lowest BCUT2D eigenvalue weighted by Gasteiger charge is -2.37. The van der Waals surface area contributed by atoms with E-state index in [1.165, 1.54) is 0 Å². The number of thiophene rings is 1. The van der Waals surface area contributed by atoms with Crippen LogP contribution in [0.1, 0.15) is 30.7 Å². The minimum atomic E-state index is -0.826. The van der Waals surface area contributed by atoms with E-state index in [-0.39, 0.29) is 12.1 Å². The zero-order valence-corrected chi connectivity index (χ0v) is 11.7. The molecule has 104 valence electrons. The highest BCUT2D eigenvalue weighted by atomic mass is 32.1. The van der Waals surface area contributed by atoms with Crippen LogP contribution >= 0.6 is 11.3 Å². The summed E-state index contributed by atoms with van der Waals surface area (Å²) in [6.07, 6.45) is 1.88. The molecule has 1 aromatic heterocycles. The van der Waals surface area contributed by atoms with E-state index in [1.54, 1.807) is 16.2 Å². The van der Waals surface area contributed by atoms with Crippen LogP contribution in [0.15, 0.2) is 17.5 Å². The van der Waals surface area contributed by atoms with Crippen LogP contribution in [0, 0.1) is 5.92 Å². The summed E-state index contributed by atoms with van der Waals surface area (Å²) in [4.78, 5) is 25.4. The number of urea groups is 1. The Hall–Kier alpha value is -1.56. The maximum absolute atomic E-state index is 12.0. The van der Waals surface area contributed by atoms with Crippen molar-refractivity contribution in [1.29, 1.82) is 0 Å². The average molecular weight is 282 g/mol. The van der Waals surface area contributed by atoms with Gasteiger partial charge in [-0.1, -0.05) is 19.4 Å². The summed E-state index contributed by atoms with van der Waals surface area (Å²) in [5.74, 6) is -1.23. The van der Waals surface area contributed by atoms with Gasteiger partial charge < -0.3 is 15.3 Å². The van der Waals surface area contributed by atoms with Gasteiger partial charge in [-0.2, -0.15) is 0 Å². The number of carbonyl (C=O) groups is 2. The Morgan fingerprint density at radius 1 is 1.58 bits per heavy atom. The summed E-state index contributed by atoms with van der Waals surface area (Å²) in [5, 5.41) is 13.8. The van der Waals surface area contributed by atoms with Gasteiger partial charge in [0.2, 0.25) is 0 Å². The molecule has 0 spiro atoms. The molecule has 1 atom stereocenters. The van der Waals surface area contributed by atoms with E-state index in [2.05, 4.69) is 12.2 Å². The summed E-state index contributed by atoms with van der Waals surface area (Å²) >= 11 is 1.63. The molecule has 0 bridgehead atoms. The van der Waals surface area contributed by atoms with Gasteiger partial charge in [-0.3, -0.25) is 4.79 Å². The molecule has 1 unspecified atom stereocenters. The summed E-state index contributed by atoms with van der Waals surface area (Å²) < 4.78 is 0. The molecule has 1 aromatic rings. The molecule has 0 saturated carbocycles. The first-order valence-corrected chi connectivity index (χ1v) is 7.31. The number of hydrogen-bond acceptors (Lipinski definition) is 3. The van der Waals surface area contributed by atoms with Crippen LogP contribution < -0.4 is 5.32 Å². The third kappa shape index (κ3) is 3.26. The Kier molecular flexibility index (Phi) is 4.42. The molecule has 1 saturated heterocycles. The van der Waals surface area contributed by atoms with Crippen LogP contribution in [0.2, 0.25) is 0 Å². The highest BCUT2D eigenvalue weighted by Gasteiger charge is 2.36. The second kappa shape index (κ2) is 6.06. The fourth-order valence-corrected chi connectivity index (χ4v) is 2.92. The predicted molar refractivity (Wildman–Crippen MR) is 73.2 cm³/mol. The van der Waals surface area contributed by atoms with Crippen molar-refractivity contribution in [2.24, 2.45) is 5.92 Å². The molecule has 0 aromatic carbocycles. The van der Waals surface area contributed by atoms with Crippen molar-refractivity contribution in [3.05, 3.63) is 22.4 Å². The van der Waals surface area contributed by atoms with Crippen molar-refractivity contribution in [2.45, 2.75) is 25.8 Å². The zero-order valence-electron chi connectivity index (χ0n) is 10.8. The lowest BCUT2D eigenvalue weighted by Crippen LogP contribution is -2.56. The first-order valence-electron chi connectivity index (χ1n) is 6.43. The standard InChI is InChI=1S/C13H18N2O3S/c1-2-4-10(11-5-3-6-19-11)14-13(18)15-7-9(8-15)12(16)17/h3,5-6,9-10H,2,4,7-8H2,1H3,(H,14,18)(H,16,17). The normalized spacial score (nSPS) is 16.8. The third-order valence-corrected chi connectivity index (χ3v) is 4.27. The number of nitrogens with one attached hydrogen (secondary N) is 1. The van der Waals surface area contributed by atoms with Crippen molar-refractivity contribution in [3.8, 4) is 0 Å². The van der Waals surface area contributed by atoms with Crippen molar-refractivity contribution in [2.75, 3.05) is 13.1 Å². The van der Waals surface area contributed by atoms with E-state index in [0.29, 0.717) is 13.1 Å². The maximum Gasteiger partial charge on any atom is 0.317 e. The van der Waals surface area contributed by atoms with E-state index in [0.717, 1.165) is 17.7 Å². The maximum atomic E-state index is 12.0. The molecule has 1 fully saturated rings. The number of likely N-dealkylation sites (tertiary alicyclic amines) is 1. The Balaban J connectivity index is 1.88. The summed E-state index contributed by atoms with van der Waals surface area (Å²) in [7, 11) is 0. The number of amides is 2. The van der Waals surface area contributed by atoms with Crippen LogP contribution in [-0.2, 0) is 4.79 Å². The first-order chi connectivity index (χ1) is 9.11. The number of nitrogens with zero attached hydrogens (tertiary/aromatic N) is 1. The van der Waals surface area contributed by atoms with Crippen molar-refractivity contribution < 1.29 is 14.7 Å². The monoisotopic (exact) mass is 282 g/mol. The molecule has 2 amide bonds. The van der Waals surface area contributed by atoms with Gasteiger partial charge in [0.25, 0.3) is 0 Å². The molecule has 0 radical (unpaired) electrons. The lowest BCUT2D eigenvalue weighted by molar-refractivity contribution is -0.146. The molecule has 19 heavy (non-hydrogen) atoms. The zero-order chi connectivity index (χ0) is 13.8. The van der Waals surface area contributed by atoms with Crippen LogP contribution in [0.3, 0.4) is 0 Å². The van der Waals surface area contributed by atoms with Crippen molar-refractivity contribution >= 4 is 23.3 Å². The minimum Gasteiger partial charge on any atom is -0.481 e. The fourth-order valence-electron chi connectivity index (χ4n) is 2.10. The molecule has 6 heteroatoms. The summed E-state index contributed by atoms with van der Waals surface area (Å²) in [6.45, 7) is 2.70. The van der Waals surface area contributed by atoms with Crippen molar-refractivity contribution in [1.82, 2.24) is 10.2 Å². The summed E-state index contributed by atoms with van der Waals surface area (Å²) in [6, 6.07) is 3.85. The number of carbonyl (C=O) groups excluding carboxylic acids is 1. The second-order valence-electron chi connectivity index (χ2n) is 4.75. The lowest BCUT2D eigenvalue weighted by atomic mass is 10.0. The fraction of sp³-hybridized carbons (Fsp3) is 0.538. The van der Waals surface area contributed by atoms with Crippen LogP contribution in [0.5, 0.6) is 0 Å². The van der Waals surface area contributed by atoms with E-state index >= 15 is 0 Å². The van der Waals surface area contributed by atoms with E-state index < -0.39 is 11.9 Å². The number of hydrogen-bond donors (Lipinski definition) is 2. The molecule has 2 heterocycles. The first kappa shape index (κ1) is 13.9. The molecular formula is C13H18N2O3S. The van der Waals surface area contributed by atoms with Gasteiger partial charge in [0.1, 0.15) is 0 Å². The van der Waals surface area contributed by atoms with Crippen molar-refractivity contribution in [3.63, 3.8) is 0 Å². The van der Waals surface area contributed by atoms with Gasteiger partial charge in [0, 0.05) is 18.0 Å². The van der Waals surface area contributed by atoms with Gasteiger partial charge in [0.05, 0.1) is 12.0 Å². The van der Waals surface area contributed by atoms with Crippen LogP contribution in [0.4, 0.5) is 4.79 Å². The van der Waals surface area contributed by atoms with Crippen LogP contribution in [-0.4, -0.2) is 35.1 Å². The Morgan fingerprint density at radius 2 is 2.32 bits per heavy atom. The molecule has 2 N–H and O–H groups in total. The third-order valence-electron chi connectivity index (χ3n) is 3.28. The SMILES string of the molecule is CCCC(NC(=O)N1CC(C(=O)O)C1)c1cccs1. The van der Waals surface area contributed by atoms with Gasteiger partial charge in [0.15, 0.2) is 0 Å². The average Bonchev–Trinajstić information content (AvgIpc) is 2.78. The van der Waals surface area contributed by atoms with Gasteiger partial charge in [-0.15, -0.1) is 11.3 Å². The number of carboxylic acids is 1. The molecular weight excluding hydrogens is 264 g/mol. The van der Waals surface area contributed by atoms with Crippen LogP contribution in [0.25, 0.3) is 0 Å². The number of carboxylic acid groups (broad SMARTS) is 1.